The van der Waals surface area contributed by atoms with Crippen molar-refractivity contribution in [3.05, 3.63) is 46.1 Å². The number of hydrogen-bond donors (Lipinski definition) is 1. The van der Waals surface area contributed by atoms with Gasteiger partial charge < -0.3 is 5.32 Å². The van der Waals surface area contributed by atoms with Gasteiger partial charge in [0.1, 0.15) is 5.92 Å². The number of hydrogen-bond acceptors (Lipinski definition) is 2. The number of carbonyl (C=O) groups excluding carboxylic acids is 1. The first-order chi connectivity index (χ1) is 10.1. The van der Waals surface area contributed by atoms with Gasteiger partial charge >= 0.3 is 0 Å². The summed E-state index contributed by atoms with van der Waals surface area (Å²) in [5.41, 5.74) is 3.31. The normalized spacial score (nSPS) is 28.6. The molecule has 0 bridgehead atoms. The van der Waals surface area contributed by atoms with Crippen LogP contribution in [0, 0.1) is 23.2 Å². The van der Waals surface area contributed by atoms with Crippen LogP contribution in [0.25, 0.3) is 0 Å². The zero-order valence-electron chi connectivity index (χ0n) is 11.9. The molecule has 0 saturated carbocycles. The zero-order chi connectivity index (χ0) is 15.0. The third-order valence-electron chi connectivity index (χ3n) is 4.62. The summed E-state index contributed by atoms with van der Waals surface area (Å²) in [7, 11) is 0. The summed E-state index contributed by atoms with van der Waals surface area (Å²) in [4.78, 5) is 12.3. The van der Waals surface area contributed by atoms with Gasteiger partial charge in [0.25, 0.3) is 0 Å². The van der Waals surface area contributed by atoms with Crippen molar-refractivity contribution in [1.29, 1.82) is 5.26 Å². The molecule has 1 aromatic rings. The Morgan fingerprint density at radius 1 is 1.33 bits per heavy atom. The second kappa shape index (κ2) is 5.54. The lowest BCUT2D eigenvalue weighted by Crippen LogP contribution is -2.46. The van der Waals surface area contributed by atoms with E-state index in [-0.39, 0.29) is 17.7 Å². The molecule has 3 unspecified atom stereocenters. The molecule has 1 aliphatic carbocycles. The molecule has 1 saturated heterocycles. The second-order valence-electron chi connectivity index (χ2n) is 5.87. The molecule has 1 aromatic carbocycles. The third-order valence-corrected chi connectivity index (χ3v) is 4.88. The monoisotopic (exact) mass is 300 g/mol. The van der Waals surface area contributed by atoms with E-state index in [9.17, 15) is 10.1 Å². The molecule has 3 atom stereocenters. The zero-order valence-corrected chi connectivity index (χ0v) is 12.7. The third kappa shape index (κ3) is 2.45. The van der Waals surface area contributed by atoms with Gasteiger partial charge in [-0.2, -0.15) is 5.26 Å². The summed E-state index contributed by atoms with van der Waals surface area (Å²) in [6.45, 7) is 2.08. The number of rotatable bonds is 1. The Morgan fingerprint density at radius 2 is 2.05 bits per heavy atom. The highest BCUT2D eigenvalue weighted by Gasteiger charge is 2.43. The highest BCUT2D eigenvalue weighted by molar-refractivity contribution is 6.30. The van der Waals surface area contributed by atoms with Crippen molar-refractivity contribution in [3.8, 4) is 6.07 Å². The maximum Gasteiger partial charge on any atom is 0.242 e. The largest absolute Gasteiger partial charge is 0.328 e. The first-order valence-electron chi connectivity index (χ1n) is 7.27. The van der Waals surface area contributed by atoms with E-state index in [0.717, 1.165) is 30.5 Å². The van der Waals surface area contributed by atoms with E-state index in [4.69, 9.17) is 11.6 Å². The number of carbonyl (C=O) groups is 1. The molecule has 1 aliphatic heterocycles. The number of allylic oxidation sites excluding steroid dienone is 2. The van der Waals surface area contributed by atoms with E-state index < -0.39 is 5.92 Å². The molecule has 3 rings (SSSR count). The molecular weight excluding hydrogens is 284 g/mol. The Kier molecular flexibility index (Phi) is 3.73. The van der Waals surface area contributed by atoms with Crippen LogP contribution in [-0.2, 0) is 4.79 Å². The molecule has 2 aliphatic rings. The first-order valence-corrected chi connectivity index (χ1v) is 7.65. The van der Waals surface area contributed by atoms with Crippen molar-refractivity contribution < 1.29 is 4.79 Å². The summed E-state index contributed by atoms with van der Waals surface area (Å²) in [5, 5.41) is 13.1. The standard InChI is InChI=1S/C17H17ClN2O/c1-10-3-2-4-13-15(11-5-7-12(18)8-6-11)14(9-19)17(21)20-16(10)13/h5-8,13-15H,2-4H2,1H3,(H,20,21). The molecule has 1 heterocycles. The number of halogens is 1. The van der Waals surface area contributed by atoms with Crippen molar-refractivity contribution in [1.82, 2.24) is 5.32 Å². The van der Waals surface area contributed by atoms with E-state index in [1.54, 1.807) is 0 Å². The van der Waals surface area contributed by atoms with Crippen LogP contribution in [0.2, 0.25) is 5.02 Å². The molecule has 3 nitrogen and oxygen atoms in total. The van der Waals surface area contributed by atoms with Crippen molar-refractivity contribution in [2.24, 2.45) is 11.8 Å². The highest BCUT2D eigenvalue weighted by atomic mass is 35.5. The summed E-state index contributed by atoms with van der Waals surface area (Å²) < 4.78 is 0. The molecule has 21 heavy (non-hydrogen) atoms. The molecule has 0 aromatic heterocycles. The molecule has 0 radical (unpaired) electrons. The average molecular weight is 301 g/mol. The quantitative estimate of drug-likeness (QED) is 0.858. The van der Waals surface area contributed by atoms with Crippen LogP contribution < -0.4 is 5.32 Å². The lowest BCUT2D eigenvalue weighted by molar-refractivity contribution is -0.125. The maximum atomic E-state index is 12.3. The predicted molar refractivity (Wildman–Crippen MR) is 81.5 cm³/mol. The van der Waals surface area contributed by atoms with E-state index in [2.05, 4.69) is 18.3 Å². The Morgan fingerprint density at radius 3 is 2.71 bits per heavy atom. The number of fused-ring (bicyclic) bond motifs is 1. The van der Waals surface area contributed by atoms with Crippen molar-refractivity contribution in [2.75, 3.05) is 0 Å². The summed E-state index contributed by atoms with van der Waals surface area (Å²) in [5.74, 6) is -0.663. The van der Waals surface area contributed by atoms with Gasteiger partial charge in [0, 0.05) is 22.6 Å². The average Bonchev–Trinajstić information content (AvgIpc) is 2.48. The number of nitriles is 1. The lowest BCUT2D eigenvalue weighted by Gasteiger charge is -2.40. The molecular formula is C17H17ClN2O. The Hall–Kier alpha value is -1.79. The van der Waals surface area contributed by atoms with Crippen molar-refractivity contribution in [2.45, 2.75) is 32.1 Å². The Balaban J connectivity index is 2.08. The van der Waals surface area contributed by atoms with E-state index in [1.165, 1.54) is 5.57 Å². The Labute approximate surface area is 129 Å². The molecule has 4 heteroatoms. The van der Waals surface area contributed by atoms with Crippen LogP contribution in [0.5, 0.6) is 0 Å². The van der Waals surface area contributed by atoms with Gasteiger partial charge in [-0.05, 0) is 43.9 Å². The van der Waals surface area contributed by atoms with Gasteiger partial charge in [0.05, 0.1) is 6.07 Å². The number of benzene rings is 1. The van der Waals surface area contributed by atoms with Crippen LogP contribution in [0.15, 0.2) is 35.5 Å². The fourth-order valence-corrected chi connectivity index (χ4v) is 3.72. The number of nitrogens with zero attached hydrogens (tertiary/aromatic N) is 1. The first kappa shape index (κ1) is 14.2. The molecule has 108 valence electrons. The van der Waals surface area contributed by atoms with E-state index >= 15 is 0 Å². The molecule has 1 N–H and O–H groups in total. The fraction of sp³-hybridized carbons (Fsp3) is 0.412. The minimum atomic E-state index is -0.633. The summed E-state index contributed by atoms with van der Waals surface area (Å²) >= 11 is 5.96. The smallest absolute Gasteiger partial charge is 0.242 e. The summed E-state index contributed by atoms with van der Waals surface area (Å²) in [6, 6.07) is 9.74. The SMILES string of the molecule is CC1=C2NC(=O)C(C#N)C(c3ccc(Cl)cc3)C2CCC1. The minimum Gasteiger partial charge on any atom is -0.328 e. The number of nitrogens with one attached hydrogen (secondary N) is 1. The van der Waals surface area contributed by atoms with E-state index in [0.29, 0.717) is 5.02 Å². The van der Waals surface area contributed by atoms with Gasteiger partial charge in [-0.1, -0.05) is 29.3 Å². The van der Waals surface area contributed by atoms with Gasteiger partial charge in [0.2, 0.25) is 5.91 Å². The van der Waals surface area contributed by atoms with Crippen LogP contribution >= 0.6 is 11.6 Å². The molecule has 1 fully saturated rings. The van der Waals surface area contributed by atoms with Gasteiger partial charge in [-0.3, -0.25) is 4.79 Å². The topological polar surface area (TPSA) is 52.9 Å². The highest BCUT2D eigenvalue weighted by Crippen LogP contribution is 2.45. The van der Waals surface area contributed by atoms with Crippen LogP contribution in [0.3, 0.4) is 0 Å². The number of amides is 1. The molecule has 1 amide bonds. The van der Waals surface area contributed by atoms with Crippen molar-refractivity contribution in [3.63, 3.8) is 0 Å². The fourth-order valence-electron chi connectivity index (χ4n) is 3.60. The van der Waals surface area contributed by atoms with Crippen LogP contribution in [0.1, 0.15) is 37.7 Å². The van der Waals surface area contributed by atoms with Gasteiger partial charge in [-0.15, -0.1) is 0 Å². The van der Waals surface area contributed by atoms with Crippen LogP contribution in [-0.4, -0.2) is 5.91 Å². The minimum absolute atomic E-state index is 0.0775. The van der Waals surface area contributed by atoms with Crippen molar-refractivity contribution >= 4 is 17.5 Å². The van der Waals surface area contributed by atoms with Gasteiger partial charge in [-0.25, -0.2) is 0 Å². The van der Waals surface area contributed by atoms with Crippen LogP contribution in [0.4, 0.5) is 0 Å². The second-order valence-corrected chi connectivity index (χ2v) is 6.30. The maximum absolute atomic E-state index is 12.3. The summed E-state index contributed by atoms with van der Waals surface area (Å²) in [6.07, 6.45) is 3.15. The lowest BCUT2D eigenvalue weighted by atomic mass is 9.68. The number of piperidine rings is 1. The predicted octanol–water partition coefficient (Wildman–Crippen LogP) is 3.77. The molecule has 0 spiro atoms. The van der Waals surface area contributed by atoms with Gasteiger partial charge in [0.15, 0.2) is 0 Å². The van der Waals surface area contributed by atoms with E-state index in [1.807, 2.05) is 24.3 Å². The Bertz CT molecular complexity index is 642.